The molecule has 0 amide bonds. The van der Waals surface area contributed by atoms with Crippen LogP contribution in [0, 0.1) is 5.92 Å². The first-order valence-corrected chi connectivity index (χ1v) is 6.26. The number of thioether (sulfide) groups is 1. The number of nitrogens with zero attached hydrogens (tertiary/aromatic N) is 4. The molecule has 0 saturated heterocycles. The molecule has 0 atom stereocenters. The average Bonchev–Trinajstić information content (AvgIpc) is 3.12. The second kappa shape index (κ2) is 3.59. The van der Waals surface area contributed by atoms with Gasteiger partial charge in [0.1, 0.15) is 5.78 Å². The lowest BCUT2D eigenvalue weighted by molar-refractivity contribution is -0.117. The van der Waals surface area contributed by atoms with Gasteiger partial charge >= 0.3 is 0 Å². The molecule has 0 N–H and O–H groups in total. The Morgan fingerprint density at radius 1 is 1.40 bits per heavy atom. The Balaban J connectivity index is 1.60. The van der Waals surface area contributed by atoms with Crippen molar-refractivity contribution in [2.75, 3.05) is 5.75 Å². The Kier molecular flexibility index (Phi) is 2.23. The quantitative estimate of drug-likeness (QED) is 0.700. The maximum Gasteiger partial charge on any atom is 0.210 e. The van der Waals surface area contributed by atoms with Gasteiger partial charge in [0, 0.05) is 5.92 Å². The normalized spacial score (nSPS) is 20.5. The molecule has 2 aliphatic rings. The molecule has 0 radical (unpaired) electrons. The van der Waals surface area contributed by atoms with E-state index in [1.165, 1.54) is 11.8 Å². The van der Waals surface area contributed by atoms with E-state index in [0.29, 0.717) is 23.5 Å². The number of tetrazole rings is 1. The number of ketones is 1. The Hall–Kier alpha value is -0.910. The molecular formula is C9H12N4OS. The first kappa shape index (κ1) is 9.33. The van der Waals surface area contributed by atoms with Crippen LogP contribution in [0.2, 0.25) is 0 Å². The van der Waals surface area contributed by atoms with E-state index in [9.17, 15) is 4.79 Å². The zero-order valence-electron chi connectivity index (χ0n) is 8.30. The first-order chi connectivity index (χ1) is 7.34. The Morgan fingerprint density at radius 3 is 2.87 bits per heavy atom. The van der Waals surface area contributed by atoms with Gasteiger partial charge in [-0.15, -0.1) is 5.10 Å². The molecule has 0 bridgehead atoms. The van der Waals surface area contributed by atoms with Crippen molar-refractivity contribution in [3.05, 3.63) is 0 Å². The summed E-state index contributed by atoms with van der Waals surface area (Å²) in [5.41, 5.74) is 0. The van der Waals surface area contributed by atoms with E-state index in [2.05, 4.69) is 15.5 Å². The number of Topliss-reactive ketones (excluding diaryl/α,β-unsaturated/α-hetero) is 1. The summed E-state index contributed by atoms with van der Waals surface area (Å²) in [4.78, 5) is 11.5. The van der Waals surface area contributed by atoms with Gasteiger partial charge in [0.05, 0.1) is 11.8 Å². The van der Waals surface area contributed by atoms with Crippen LogP contribution in [0.25, 0.3) is 0 Å². The molecule has 0 aliphatic heterocycles. The van der Waals surface area contributed by atoms with E-state index in [1.54, 1.807) is 0 Å². The minimum atomic E-state index is 0.336. The summed E-state index contributed by atoms with van der Waals surface area (Å²) in [6.07, 6.45) is 4.48. The van der Waals surface area contributed by atoms with E-state index >= 15 is 0 Å². The largest absolute Gasteiger partial charge is 0.298 e. The molecule has 15 heavy (non-hydrogen) atoms. The second-order valence-corrected chi connectivity index (χ2v) is 5.11. The number of hydrogen-bond donors (Lipinski definition) is 0. The maximum atomic E-state index is 11.5. The van der Waals surface area contributed by atoms with Crippen LogP contribution in [-0.2, 0) is 4.79 Å². The minimum Gasteiger partial charge on any atom is -0.298 e. The van der Waals surface area contributed by atoms with Crippen LogP contribution >= 0.6 is 11.8 Å². The fourth-order valence-corrected chi connectivity index (χ4v) is 2.41. The molecule has 0 aromatic carbocycles. The molecule has 2 saturated carbocycles. The third kappa shape index (κ3) is 2.04. The summed E-state index contributed by atoms with van der Waals surface area (Å²) in [7, 11) is 0. The van der Waals surface area contributed by atoms with Crippen LogP contribution in [0.5, 0.6) is 0 Å². The molecule has 2 aliphatic carbocycles. The van der Waals surface area contributed by atoms with Crippen LogP contribution in [0.15, 0.2) is 5.16 Å². The third-order valence-corrected chi connectivity index (χ3v) is 3.69. The lowest BCUT2D eigenvalue weighted by Crippen LogP contribution is -2.05. The molecule has 1 aromatic heterocycles. The van der Waals surface area contributed by atoms with Crippen molar-refractivity contribution in [2.45, 2.75) is 36.9 Å². The van der Waals surface area contributed by atoms with Crippen molar-refractivity contribution >= 4 is 17.5 Å². The van der Waals surface area contributed by atoms with Crippen molar-refractivity contribution in [3.63, 3.8) is 0 Å². The topological polar surface area (TPSA) is 60.7 Å². The zero-order valence-corrected chi connectivity index (χ0v) is 9.11. The maximum absolute atomic E-state index is 11.5. The van der Waals surface area contributed by atoms with Crippen molar-refractivity contribution in [3.8, 4) is 0 Å². The van der Waals surface area contributed by atoms with Gasteiger partial charge in [-0.05, 0) is 36.1 Å². The van der Waals surface area contributed by atoms with E-state index in [1.807, 2.05) is 4.68 Å². The SMILES string of the molecule is O=C(CSc1nnnn1C1CC1)C1CC1. The smallest absolute Gasteiger partial charge is 0.210 e. The minimum absolute atomic E-state index is 0.336. The van der Waals surface area contributed by atoms with Gasteiger partial charge in [-0.2, -0.15) is 0 Å². The summed E-state index contributed by atoms with van der Waals surface area (Å²) < 4.78 is 1.85. The van der Waals surface area contributed by atoms with Crippen LogP contribution in [0.1, 0.15) is 31.7 Å². The molecule has 3 rings (SSSR count). The molecule has 6 heteroatoms. The average molecular weight is 224 g/mol. The van der Waals surface area contributed by atoms with Crippen molar-refractivity contribution in [1.82, 2.24) is 20.2 Å². The van der Waals surface area contributed by atoms with Crippen LogP contribution in [0.4, 0.5) is 0 Å². The van der Waals surface area contributed by atoms with Crippen molar-refractivity contribution in [1.29, 1.82) is 0 Å². The number of carbonyl (C=O) groups excluding carboxylic acids is 1. The van der Waals surface area contributed by atoms with Crippen LogP contribution in [0.3, 0.4) is 0 Å². The number of carbonyl (C=O) groups is 1. The highest BCUT2D eigenvalue weighted by Crippen LogP contribution is 2.37. The Morgan fingerprint density at radius 2 is 2.20 bits per heavy atom. The van der Waals surface area contributed by atoms with E-state index < -0.39 is 0 Å². The Labute approximate surface area is 91.6 Å². The molecular weight excluding hydrogens is 212 g/mol. The number of rotatable bonds is 5. The molecule has 2 fully saturated rings. The number of aromatic nitrogens is 4. The summed E-state index contributed by atoms with van der Waals surface area (Å²) >= 11 is 1.48. The lowest BCUT2D eigenvalue weighted by Gasteiger charge is -2.00. The molecule has 1 heterocycles. The van der Waals surface area contributed by atoms with E-state index in [-0.39, 0.29) is 0 Å². The van der Waals surface area contributed by atoms with E-state index in [4.69, 9.17) is 0 Å². The Bertz CT molecular complexity index is 383. The summed E-state index contributed by atoms with van der Waals surface area (Å²) in [5.74, 6) is 1.21. The van der Waals surface area contributed by atoms with Gasteiger partial charge in [0.25, 0.3) is 0 Å². The van der Waals surface area contributed by atoms with Gasteiger partial charge in [0.15, 0.2) is 0 Å². The highest BCUT2D eigenvalue weighted by Gasteiger charge is 2.31. The predicted molar refractivity (Wildman–Crippen MR) is 54.5 cm³/mol. The second-order valence-electron chi connectivity index (χ2n) is 4.17. The highest BCUT2D eigenvalue weighted by atomic mass is 32.2. The monoisotopic (exact) mass is 224 g/mol. The van der Waals surface area contributed by atoms with Crippen molar-refractivity contribution < 1.29 is 4.79 Å². The van der Waals surface area contributed by atoms with Crippen molar-refractivity contribution in [2.24, 2.45) is 5.92 Å². The van der Waals surface area contributed by atoms with Gasteiger partial charge < -0.3 is 0 Å². The summed E-state index contributed by atoms with van der Waals surface area (Å²) in [6.45, 7) is 0. The predicted octanol–water partition coefficient (Wildman–Crippen LogP) is 1.08. The van der Waals surface area contributed by atoms with Crippen LogP contribution < -0.4 is 0 Å². The van der Waals surface area contributed by atoms with Gasteiger partial charge in [-0.25, -0.2) is 4.68 Å². The van der Waals surface area contributed by atoms with E-state index in [0.717, 1.165) is 30.8 Å². The molecule has 0 unspecified atom stereocenters. The highest BCUT2D eigenvalue weighted by molar-refractivity contribution is 7.99. The first-order valence-electron chi connectivity index (χ1n) is 5.28. The van der Waals surface area contributed by atoms with Crippen LogP contribution in [-0.4, -0.2) is 31.7 Å². The molecule has 5 nitrogen and oxygen atoms in total. The lowest BCUT2D eigenvalue weighted by atomic mass is 10.3. The standard InChI is InChI=1S/C9H12N4OS/c14-8(6-1-2-6)5-15-9-10-11-12-13(9)7-3-4-7/h6-7H,1-5H2. The molecule has 0 spiro atoms. The van der Waals surface area contributed by atoms with Gasteiger partial charge in [-0.3, -0.25) is 4.79 Å². The van der Waals surface area contributed by atoms with Gasteiger partial charge in [-0.1, -0.05) is 11.8 Å². The van der Waals surface area contributed by atoms with Gasteiger partial charge in [0.2, 0.25) is 5.16 Å². The summed E-state index contributed by atoms with van der Waals surface area (Å²) in [6, 6.07) is 0.485. The fraction of sp³-hybridized carbons (Fsp3) is 0.778. The number of hydrogen-bond acceptors (Lipinski definition) is 5. The third-order valence-electron chi connectivity index (χ3n) is 2.73. The zero-order chi connectivity index (χ0) is 10.3. The fourth-order valence-electron chi connectivity index (χ4n) is 1.49. The summed E-state index contributed by atoms with van der Waals surface area (Å²) in [5, 5.41) is 12.3. The molecule has 80 valence electrons. The molecule has 1 aromatic rings.